The average molecular weight is 339 g/mol. The van der Waals surface area contributed by atoms with Crippen molar-refractivity contribution in [2.24, 2.45) is 0 Å². The zero-order chi connectivity index (χ0) is 13.8. The minimum Gasteiger partial charge on any atom is -0.496 e. The zero-order valence-electron chi connectivity index (χ0n) is 10.8. The summed E-state index contributed by atoms with van der Waals surface area (Å²) < 4.78 is 6.37. The van der Waals surface area contributed by atoms with E-state index >= 15 is 0 Å². The third-order valence-corrected chi connectivity index (χ3v) is 4.25. The second-order valence-corrected chi connectivity index (χ2v) is 6.14. The third kappa shape index (κ3) is 3.53. The van der Waals surface area contributed by atoms with Gasteiger partial charge in [0.25, 0.3) is 0 Å². The van der Waals surface area contributed by atoms with Crippen LogP contribution in [0.4, 0.5) is 0 Å². The van der Waals surface area contributed by atoms with Crippen molar-refractivity contribution in [1.29, 1.82) is 0 Å². The quantitative estimate of drug-likeness (QED) is 0.878. The van der Waals surface area contributed by atoms with E-state index in [0.717, 1.165) is 25.6 Å². The van der Waals surface area contributed by atoms with Gasteiger partial charge in [0.1, 0.15) is 5.75 Å². The highest BCUT2D eigenvalue weighted by Crippen LogP contribution is 2.38. The van der Waals surface area contributed by atoms with Crippen molar-refractivity contribution in [3.63, 3.8) is 0 Å². The Morgan fingerprint density at radius 1 is 1.21 bits per heavy atom. The van der Waals surface area contributed by atoms with Gasteiger partial charge in [0.2, 0.25) is 0 Å². The van der Waals surface area contributed by atoms with E-state index < -0.39 is 6.10 Å². The van der Waals surface area contributed by atoms with Crippen molar-refractivity contribution in [2.45, 2.75) is 22.8 Å². The molecule has 2 rings (SSSR count). The largest absolute Gasteiger partial charge is 0.496 e. The van der Waals surface area contributed by atoms with Gasteiger partial charge in [0.05, 0.1) is 13.2 Å². The molecule has 0 aromatic heterocycles. The smallest absolute Gasteiger partial charge is 0.125 e. The van der Waals surface area contributed by atoms with Gasteiger partial charge in [-0.1, -0.05) is 39.8 Å². The van der Waals surface area contributed by atoms with Crippen molar-refractivity contribution in [3.05, 3.63) is 52.5 Å². The maximum absolute atomic E-state index is 9.95. The molecule has 0 heterocycles. The molecule has 0 aliphatic carbocycles. The maximum Gasteiger partial charge on any atom is 0.125 e. The van der Waals surface area contributed by atoms with Crippen LogP contribution in [-0.2, 0) is 0 Å². The second kappa shape index (κ2) is 6.46. The van der Waals surface area contributed by atoms with Gasteiger partial charge in [0, 0.05) is 19.8 Å². The topological polar surface area (TPSA) is 29.5 Å². The van der Waals surface area contributed by atoms with Crippen LogP contribution in [0.2, 0.25) is 0 Å². The number of hydrogen-bond acceptors (Lipinski definition) is 3. The minimum atomic E-state index is -0.564. The molecule has 0 radical (unpaired) electrons. The summed E-state index contributed by atoms with van der Waals surface area (Å²) in [5.41, 5.74) is 0.829. The van der Waals surface area contributed by atoms with Crippen LogP contribution in [0.3, 0.4) is 0 Å². The number of halogens is 1. The summed E-state index contributed by atoms with van der Waals surface area (Å²) in [6.45, 7) is 1.75. The van der Waals surface area contributed by atoms with E-state index in [9.17, 15) is 5.11 Å². The lowest BCUT2D eigenvalue weighted by Gasteiger charge is -2.15. The first-order valence-electron chi connectivity index (χ1n) is 5.90. The zero-order valence-corrected chi connectivity index (χ0v) is 13.2. The van der Waals surface area contributed by atoms with E-state index in [1.54, 1.807) is 25.8 Å². The Morgan fingerprint density at radius 3 is 2.58 bits per heavy atom. The molecule has 0 aliphatic heterocycles. The summed E-state index contributed by atoms with van der Waals surface area (Å²) in [6, 6.07) is 13.9. The predicted octanol–water partition coefficient (Wildman–Crippen LogP) is 4.66. The van der Waals surface area contributed by atoms with Crippen LogP contribution in [0.15, 0.2) is 56.7 Å². The van der Waals surface area contributed by atoms with E-state index in [-0.39, 0.29) is 0 Å². The van der Waals surface area contributed by atoms with Crippen molar-refractivity contribution in [3.8, 4) is 5.75 Å². The van der Waals surface area contributed by atoms with Gasteiger partial charge in [0.15, 0.2) is 0 Å². The van der Waals surface area contributed by atoms with E-state index in [2.05, 4.69) is 22.0 Å². The van der Waals surface area contributed by atoms with E-state index in [1.807, 2.05) is 36.4 Å². The fourth-order valence-electron chi connectivity index (χ4n) is 1.86. The molecule has 1 unspecified atom stereocenters. The summed E-state index contributed by atoms with van der Waals surface area (Å²) in [5, 5.41) is 9.95. The summed E-state index contributed by atoms with van der Waals surface area (Å²) >= 11 is 5.08. The molecule has 0 saturated carbocycles. The van der Waals surface area contributed by atoms with E-state index in [1.165, 1.54) is 0 Å². The molecular formula is C15H15BrO2S. The summed E-state index contributed by atoms with van der Waals surface area (Å²) in [6.07, 6.45) is -0.564. The maximum atomic E-state index is 9.95. The first-order valence-corrected chi connectivity index (χ1v) is 7.51. The Hall–Kier alpha value is -0.970. The minimum absolute atomic E-state index is 0.564. The molecule has 0 saturated heterocycles. The molecule has 1 atom stereocenters. The van der Waals surface area contributed by atoms with Crippen LogP contribution in [0.5, 0.6) is 5.75 Å². The van der Waals surface area contributed by atoms with Crippen LogP contribution in [0, 0.1) is 0 Å². The van der Waals surface area contributed by atoms with E-state index in [4.69, 9.17) is 4.74 Å². The molecule has 0 spiro atoms. The number of methoxy groups -OCH3 is 1. The first-order chi connectivity index (χ1) is 9.11. The number of hydrogen-bond donors (Lipinski definition) is 1. The van der Waals surface area contributed by atoms with Gasteiger partial charge in [-0.05, 0) is 37.3 Å². The molecule has 0 aliphatic rings. The summed E-state index contributed by atoms with van der Waals surface area (Å²) in [4.78, 5) is 2.12. The van der Waals surface area contributed by atoms with Gasteiger partial charge >= 0.3 is 0 Å². The van der Waals surface area contributed by atoms with E-state index in [0.29, 0.717) is 0 Å². The molecule has 1 N–H and O–H groups in total. The van der Waals surface area contributed by atoms with Crippen molar-refractivity contribution in [1.82, 2.24) is 0 Å². The molecule has 4 heteroatoms. The fourth-order valence-corrected chi connectivity index (χ4v) is 3.53. The highest BCUT2D eigenvalue weighted by Gasteiger charge is 2.14. The SMILES string of the molecule is COc1cccc(Sc2cccc(Br)c2)c1C(C)O. The van der Waals surface area contributed by atoms with Crippen molar-refractivity contribution in [2.75, 3.05) is 7.11 Å². The first kappa shape index (κ1) is 14.4. The number of benzene rings is 2. The van der Waals surface area contributed by atoms with Gasteiger partial charge < -0.3 is 9.84 Å². The lowest BCUT2D eigenvalue weighted by atomic mass is 10.1. The Kier molecular flexibility index (Phi) is 4.91. The highest BCUT2D eigenvalue weighted by molar-refractivity contribution is 9.10. The van der Waals surface area contributed by atoms with Crippen LogP contribution in [-0.4, -0.2) is 12.2 Å². The standard InChI is InChI=1S/C15H15BrO2S/c1-10(17)15-13(18-2)7-4-8-14(15)19-12-6-3-5-11(16)9-12/h3-10,17H,1-2H3. The monoisotopic (exact) mass is 338 g/mol. The Bertz CT molecular complexity index is 570. The Morgan fingerprint density at radius 2 is 1.95 bits per heavy atom. The normalized spacial score (nSPS) is 12.2. The summed E-state index contributed by atoms with van der Waals surface area (Å²) in [5.74, 6) is 0.718. The number of ether oxygens (including phenoxy) is 1. The molecule has 2 aromatic carbocycles. The number of rotatable bonds is 4. The molecule has 0 fully saturated rings. The Balaban J connectivity index is 2.39. The number of aliphatic hydroxyl groups excluding tert-OH is 1. The summed E-state index contributed by atoms with van der Waals surface area (Å²) in [7, 11) is 1.62. The van der Waals surface area contributed by atoms with Crippen LogP contribution >= 0.6 is 27.7 Å². The predicted molar refractivity (Wildman–Crippen MR) is 81.9 cm³/mol. The average Bonchev–Trinajstić information content (AvgIpc) is 2.38. The Labute approximate surface area is 125 Å². The molecular weight excluding hydrogens is 324 g/mol. The van der Waals surface area contributed by atoms with Crippen LogP contribution in [0.1, 0.15) is 18.6 Å². The molecule has 2 aromatic rings. The molecule has 0 amide bonds. The lowest BCUT2D eigenvalue weighted by molar-refractivity contribution is 0.191. The lowest BCUT2D eigenvalue weighted by Crippen LogP contribution is -1.98. The van der Waals surface area contributed by atoms with Crippen LogP contribution < -0.4 is 4.74 Å². The number of aliphatic hydroxyl groups is 1. The van der Waals surface area contributed by atoms with Crippen molar-refractivity contribution < 1.29 is 9.84 Å². The second-order valence-electron chi connectivity index (χ2n) is 4.11. The van der Waals surface area contributed by atoms with Gasteiger partial charge in [-0.2, -0.15) is 0 Å². The van der Waals surface area contributed by atoms with Gasteiger partial charge in [-0.15, -0.1) is 0 Å². The van der Waals surface area contributed by atoms with Gasteiger partial charge in [-0.3, -0.25) is 0 Å². The van der Waals surface area contributed by atoms with Gasteiger partial charge in [-0.25, -0.2) is 0 Å². The highest BCUT2D eigenvalue weighted by atomic mass is 79.9. The van der Waals surface area contributed by atoms with Crippen LogP contribution in [0.25, 0.3) is 0 Å². The fraction of sp³-hybridized carbons (Fsp3) is 0.200. The molecule has 100 valence electrons. The molecule has 0 bridgehead atoms. The third-order valence-electron chi connectivity index (χ3n) is 2.69. The molecule has 19 heavy (non-hydrogen) atoms. The van der Waals surface area contributed by atoms with Crippen molar-refractivity contribution >= 4 is 27.7 Å². The molecule has 2 nitrogen and oxygen atoms in total.